The zero-order chi connectivity index (χ0) is 22.7. The molecule has 0 bridgehead atoms. The number of rotatable bonds is 6. The molecule has 3 aromatic rings. The quantitative estimate of drug-likeness (QED) is 0.538. The van der Waals surface area contributed by atoms with E-state index in [1.54, 1.807) is 12.4 Å². The third-order valence-corrected chi connectivity index (χ3v) is 7.64. The van der Waals surface area contributed by atoms with Crippen LogP contribution in [0, 0.1) is 25.7 Å². The molecule has 1 N–H and O–H groups in total. The van der Waals surface area contributed by atoms with Crippen LogP contribution < -0.4 is 5.32 Å². The van der Waals surface area contributed by atoms with Crippen LogP contribution in [0.4, 0.5) is 0 Å². The standard InChI is InChI=1S/C25H31N5OS/c1-16-8-9-21(14-18(16)3)30-24(20-10-12-26-13-11-20)28-29-25(30)32-15-23(31)27-22-7-5-6-17(2)19(22)4/h8-14,17,19,22H,5-7,15H2,1-4H3,(H,27,31). The third kappa shape index (κ3) is 4.88. The largest absolute Gasteiger partial charge is 0.352 e. The molecule has 7 heteroatoms. The Kier molecular flexibility index (Phi) is 6.94. The van der Waals surface area contributed by atoms with Crippen LogP contribution in [0.2, 0.25) is 0 Å². The molecule has 0 aliphatic heterocycles. The fourth-order valence-electron chi connectivity index (χ4n) is 4.31. The molecule has 0 spiro atoms. The topological polar surface area (TPSA) is 72.7 Å². The number of carbonyl (C=O) groups excluding carboxylic acids is 1. The van der Waals surface area contributed by atoms with Gasteiger partial charge in [0.05, 0.1) is 11.4 Å². The number of nitrogens with one attached hydrogen (secondary N) is 1. The number of amides is 1. The van der Waals surface area contributed by atoms with E-state index >= 15 is 0 Å². The van der Waals surface area contributed by atoms with Gasteiger partial charge in [-0.3, -0.25) is 14.3 Å². The summed E-state index contributed by atoms with van der Waals surface area (Å²) in [4.78, 5) is 16.9. The highest BCUT2D eigenvalue weighted by Crippen LogP contribution is 2.31. The summed E-state index contributed by atoms with van der Waals surface area (Å²) in [5, 5.41) is 12.9. The Bertz CT molecular complexity index is 1080. The van der Waals surface area contributed by atoms with Crippen LogP contribution in [-0.2, 0) is 4.79 Å². The molecule has 32 heavy (non-hydrogen) atoms. The van der Waals surface area contributed by atoms with Crippen molar-refractivity contribution in [1.82, 2.24) is 25.1 Å². The third-order valence-electron chi connectivity index (χ3n) is 6.71. The van der Waals surface area contributed by atoms with Crippen molar-refractivity contribution >= 4 is 17.7 Å². The fraction of sp³-hybridized carbons (Fsp3) is 0.440. The molecule has 4 rings (SSSR count). The zero-order valence-electron chi connectivity index (χ0n) is 19.2. The number of hydrogen-bond donors (Lipinski definition) is 1. The van der Waals surface area contributed by atoms with Crippen LogP contribution >= 0.6 is 11.8 Å². The summed E-state index contributed by atoms with van der Waals surface area (Å²) in [6, 6.07) is 10.4. The number of aromatic nitrogens is 4. The fourth-order valence-corrected chi connectivity index (χ4v) is 5.08. The van der Waals surface area contributed by atoms with Gasteiger partial charge in [0, 0.05) is 24.0 Å². The number of nitrogens with zero attached hydrogens (tertiary/aromatic N) is 4. The van der Waals surface area contributed by atoms with Gasteiger partial charge in [-0.25, -0.2) is 0 Å². The maximum Gasteiger partial charge on any atom is 0.230 e. The Morgan fingerprint density at radius 2 is 1.88 bits per heavy atom. The van der Waals surface area contributed by atoms with Crippen molar-refractivity contribution < 1.29 is 4.79 Å². The Morgan fingerprint density at radius 3 is 2.62 bits per heavy atom. The lowest BCUT2D eigenvalue weighted by atomic mass is 9.78. The highest BCUT2D eigenvalue weighted by molar-refractivity contribution is 7.99. The molecule has 1 aliphatic carbocycles. The molecule has 1 aromatic carbocycles. The SMILES string of the molecule is Cc1ccc(-n2c(SCC(=O)NC3CCCC(C)C3C)nnc2-c2ccncc2)cc1C. The number of pyridine rings is 1. The van der Waals surface area contributed by atoms with E-state index in [0.717, 1.165) is 23.5 Å². The van der Waals surface area contributed by atoms with Gasteiger partial charge in [0.1, 0.15) is 0 Å². The summed E-state index contributed by atoms with van der Waals surface area (Å²) < 4.78 is 2.03. The molecule has 2 aromatic heterocycles. The smallest absolute Gasteiger partial charge is 0.230 e. The van der Waals surface area contributed by atoms with Gasteiger partial charge in [-0.1, -0.05) is 44.5 Å². The average Bonchev–Trinajstić information content (AvgIpc) is 3.22. The summed E-state index contributed by atoms with van der Waals surface area (Å²) in [7, 11) is 0. The number of hydrogen-bond acceptors (Lipinski definition) is 5. The van der Waals surface area contributed by atoms with Crippen LogP contribution in [0.1, 0.15) is 44.2 Å². The number of aryl methyl sites for hydroxylation is 2. The second-order valence-corrected chi connectivity index (χ2v) is 9.82. The van der Waals surface area contributed by atoms with Crippen molar-refractivity contribution in [2.24, 2.45) is 11.8 Å². The van der Waals surface area contributed by atoms with Crippen LogP contribution in [-0.4, -0.2) is 37.5 Å². The highest BCUT2D eigenvalue weighted by atomic mass is 32.2. The zero-order valence-corrected chi connectivity index (χ0v) is 20.0. The molecule has 1 aliphatic rings. The van der Waals surface area contributed by atoms with Gasteiger partial charge in [-0.2, -0.15) is 0 Å². The maximum absolute atomic E-state index is 12.8. The lowest BCUT2D eigenvalue weighted by Crippen LogP contribution is -2.44. The summed E-state index contributed by atoms with van der Waals surface area (Å²) in [6.45, 7) is 8.73. The van der Waals surface area contributed by atoms with Crippen LogP contribution in [0.15, 0.2) is 47.9 Å². The highest BCUT2D eigenvalue weighted by Gasteiger charge is 2.28. The average molecular weight is 450 g/mol. The predicted octanol–water partition coefficient (Wildman–Crippen LogP) is 4.98. The summed E-state index contributed by atoms with van der Waals surface area (Å²) in [5.41, 5.74) is 4.36. The van der Waals surface area contributed by atoms with Crippen LogP contribution in [0.5, 0.6) is 0 Å². The molecule has 168 valence electrons. The minimum Gasteiger partial charge on any atom is -0.352 e. The van der Waals surface area contributed by atoms with Crippen molar-refractivity contribution in [2.75, 3.05) is 5.75 Å². The summed E-state index contributed by atoms with van der Waals surface area (Å²) in [6.07, 6.45) is 6.99. The van der Waals surface area contributed by atoms with E-state index in [0.29, 0.717) is 22.7 Å². The van der Waals surface area contributed by atoms with Crippen molar-refractivity contribution in [2.45, 2.75) is 58.2 Å². The van der Waals surface area contributed by atoms with E-state index in [1.807, 2.05) is 16.7 Å². The molecule has 3 atom stereocenters. The molecule has 3 unspecified atom stereocenters. The van der Waals surface area contributed by atoms with Crippen molar-refractivity contribution in [3.05, 3.63) is 53.9 Å². The predicted molar refractivity (Wildman–Crippen MR) is 129 cm³/mol. The van der Waals surface area contributed by atoms with E-state index in [-0.39, 0.29) is 11.9 Å². The molecule has 1 amide bonds. The van der Waals surface area contributed by atoms with E-state index in [9.17, 15) is 4.79 Å². The number of carbonyl (C=O) groups is 1. The molecular weight excluding hydrogens is 418 g/mol. The summed E-state index contributed by atoms with van der Waals surface area (Å²) >= 11 is 1.43. The Balaban J connectivity index is 1.56. The van der Waals surface area contributed by atoms with Crippen molar-refractivity contribution in [3.8, 4) is 17.1 Å². The number of thioether (sulfide) groups is 1. The Morgan fingerprint density at radius 1 is 1.09 bits per heavy atom. The van der Waals surface area contributed by atoms with Gasteiger partial charge in [-0.15, -0.1) is 10.2 Å². The summed E-state index contributed by atoms with van der Waals surface area (Å²) in [5.74, 6) is 2.28. The van der Waals surface area contributed by atoms with Crippen molar-refractivity contribution in [1.29, 1.82) is 0 Å². The second-order valence-electron chi connectivity index (χ2n) is 8.88. The maximum atomic E-state index is 12.8. The minimum atomic E-state index is 0.0565. The van der Waals surface area contributed by atoms with E-state index in [2.05, 4.69) is 66.4 Å². The monoisotopic (exact) mass is 449 g/mol. The molecule has 1 fully saturated rings. The van der Waals surface area contributed by atoms with Gasteiger partial charge >= 0.3 is 0 Å². The first-order valence-corrected chi connectivity index (χ1v) is 12.3. The van der Waals surface area contributed by atoms with Gasteiger partial charge in [-0.05, 0) is 67.5 Å². The Labute approximate surface area is 194 Å². The first-order chi connectivity index (χ1) is 15.4. The van der Waals surface area contributed by atoms with Gasteiger partial charge < -0.3 is 5.32 Å². The van der Waals surface area contributed by atoms with E-state index < -0.39 is 0 Å². The first kappa shape index (κ1) is 22.5. The second kappa shape index (κ2) is 9.86. The van der Waals surface area contributed by atoms with Crippen molar-refractivity contribution in [3.63, 3.8) is 0 Å². The molecule has 0 radical (unpaired) electrons. The minimum absolute atomic E-state index is 0.0565. The van der Waals surface area contributed by atoms with E-state index in [4.69, 9.17) is 0 Å². The van der Waals surface area contributed by atoms with Crippen LogP contribution in [0.3, 0.4) is 0 Å². The molecule has 1 saturated carbocycles. The molecule has 2 heterocycles. The van der Waals surface area contributed by atoms with E-state index in [1.165, 1.54) is 35.7 Å². The normalized spacial score (nSPS) is 20.8. The van der Waals surface area contributed by atoms with Gasteiger partial charge in [0.15, 0.2) is 11.0 Å². The first-order valence-electron chi connectivity index (χ1n) is 11.3. The lowest BCUT2D eigenvalue weighted by molar-refractivity contribution is -0.120. The number of benzene rings is 1. The molecule has 0 saturated heterocycles. The van der Waals surface area contributed by atoms with Crippen LogP contribution in [0.25, 0.3) is 17.1 Å². The lowest BCUT2D eigenvalue weighted by Gasteiger charge is -2.34. The van der Waals surface area contributed by atoms with Gasteiger partial charge in [0.25, 0.3) is 0 Å². The Hall–Kier alpha value is -2.67. The molecule has 6 nitrogen and oxygen atoms in total. The molecular formula is C25H31N5OS. The van der Waals surface area contributed by atoms with Gasteiger partial charge in [0.2, 0.25) is 5.91 Å².